The molecule has 0 spiro atoms. The van der Waals surface area contributed by atoms with Gasteiger partial charge in [0.2, 0.25) is 0 Å². The zero-order chi connectivity index (χ0) is 9.52. The monoisotopic (exact) mass is 198 g/mol. The number of aliphatic hydroxyl groups is 1. The lowest BCUT2D eigenvalue weighted by Gasteiger charge is -1.99. The molecular weight excluding hydrogens is 184 g/mol. The van der Waals surface area contributed by atoms with Gasteiger partial charge >= 0.3 is 0 Å². The van der Waals surface area contributed by atoms with E-state index in [-0.39, 0.29) is 6.61 Å². The maximum atomic E-state index is 8.57. The van der Waals surface area contributed by atoms with Gasteiger partial charge in [-0.15, -0.1) is 0 Å². The highest BCUT2D eigenvalue weighted by molar-refractivity contribution is 7.99. The molecule has 0 bridgehead atoms. The van der Waals surface area contributed by atoms with Gasteiger partial charge in [-0.05, 0) is 25.8 Å². The number of rotatable bonds is 5. The van der Waals surface area contributed by atoms with Crippen LogP contribution in [0, 0.1) is 6.92 Å². The van der Waals surface area contributed by atoms with E-state index >= 15 is 0 Å². The molecule has 1 heterocycles. The minimum absolute atomic E-state index is 0.273. The quantitative estimate of drug-likeness (QED) is 0.444. The first-order chi connectivity index (χ1) is 6.33. The van der Waals surface area contributed by atoms with Crippen LogP contribution < -0.4 is 0 Å². The van der Waals surface area contributed by atoms with Crippen molar-refractivity contribution in [2.75, 3.05) is 12.4 Å². The van der Waals surface area contributed by atoms with Crippen LogP contribution in [0.15, 0.2) is 17.4 Å². The van der Waals surface area contributed by atoms with Crippen molar-refractivity contribution in [1.82, 2.24) is 9.97 Å². The van der Waals surface area contributed by atoms with Crippen LogP contribution >= 0.6 is 11.8 Å². The van der Waals surface area contributed by atoms with E-state index in [1.54, 1.807) is 18.0 Å². The second kappa shape index (κ2) is 5.94. The summed E-state index contributed by atoms with van der Waals surface area (Å²) in [4.78, 5) is 8.39. The Labute approximate surface area is 82.6 Å². The normalized spacial score (nSPS) is 10.3. The molecule has 0 radical (unpaired) electrons. The van der Waals surface area contributed by atoms with Crippen LogP contribution in [0.2, 0.25) is 0 Å². The lowest BCUT2D eigenvalue weighted by Crippen LogP contribution is -1.90. The Balaban J connectivity index is 2.28. The molecule has 3 nitrogen and oxygen atoms in total. The Morgan fingerprint density at radius 2 is 2.31 bits per heavy atom. The van der Waals surface area contributed by atoms with Crippen molar-refractivity contribution in [3.63, 3.8) is 0 Å². The highest BCUT2D eigenvalue weighted by atomic mass is 32.2. The van der Waals surface area contributed by atoms with E-state index in [0.717, 1.165) is 29.4 Å². The fraction of sp³-hybridized carbons (Fsp3) is 0.556. The molecular formula is C9H14N2OS. The summed E-state index contributed by atoms with van der Waals surface area (Å²) in [6.45, 7) is 2.23. The number of aryl methyl sites for hydroxylation is 1. The number of aromatic nitrogens is 2. The van der Waals surface area contributed by atoms with Crippen molar-refractivity contribution in [3.05, 3.63) is 18.0 Å². The van der Waals surface area contributed by atoms with Crippen molar-refractivity contribution in [1.29, 1.82) is 0 Å². The van der Waals surface area contributed by atoms with Gasteiger partial charge in [0.25, 0.3) is 0 Å². The molecule has 1 aromatic heterocycles. The number of aliphatic hydroxyl groups excluding tert-OH is 1. The first kappa shape index (κ1) is 10.5. The lowest BCUT2D eigenvalue weighted by molar-refractivity contribution is 0.287. The predicted molar refractivity (Wildman–Crippen MR) is 53.8 cm³/mol. The summed E-state index contributed by atoms with van der Waals surface area (Å²) < 4.78 is 0. The Kier molecular flexibility index (Phi) is 4.78. The maximum absolute atomic E-state index is 8.57. The summed E-state index contributed by atoms with van der Waals surface area (Å²) in [6, 6.07) is 1.89. The topological polar surface area (TPSA) is 46.0 Å². The van der Waals surface area contributed by atoms with Gasteiger partial charge in [0.1, 0.15) is 0 Å². The number of unbranched alkanes of at least 4 members (excludes halogenated alkanes) is 1. The van der Waals surface area contributed by atoms with Crippen LogP contribution in [0.5, 0.6) is 0 Å². The van der Waals surface area contributed by atoms with E-state index in [9.17, 15) is 0 Å². The molecule has 0 aliphatic rings. The summed E-state index contributed by atoms with van der Waals surface area (Å²) in [6.07, 6.45) is 3.65. The standard InChI is InChI=1S/C9H14N2OS/c1-8-4-5-10-9(11-8)13-7-3-2-6-12/h4-5,12H,2-3,6-7H2,1H3. The molecule has 0 saturated carbocycles. The molecule has 13 heavy (non-hydrogen) atoms. The molecule has 0 aliphatic carbocycles. The fourth-order valence-corrected chi connectivity index (χ4v) is 1.75. The highest BCUT2D eigenvalue weighted by Crippen LogP contribution is 2.13. The fourth-order valence-electron chi connectivity index (χ4n) is 0.873. The Bertz CT molecular complexity index is 255. The van der Waals surface area contributed by atoms with Crippen LogP contribution in [0.1, 0.15) is 18.5 Å². The minimum atomic E-state index is 0.273. The van der Waals surface area contributed by atoms with Crippen molar-refractivity contribution in [3.8, 4) is 0 Å². The molecule has 0 unspecified atom stereocenters. The van der Waals surface area contributed by atoms with Crippen LogP contribution in [-0.2, 0) is 0 Å². The molecule has 4 heteroatoms. The second-order valence-corrected chi connectivity index (χ2v) is 3.82. The van der Waals surface area contributed by atoms with Gasteiger partial charge in [0.15, 0.2) is 5.16 Å². The SMILES string of the molecule is Cc1ccnc(SCCCCO)n1. The number of hydrogen-bond acceptors (Lipinski definition) is 4. The molecule has 72 valence electrons. The first-order valence-corrected chi connectivity index (χ1v) is 5.35. The predicted octanol–water partition coefficient (Wildman–Crippen LogP) is 1.65. The van der Waals surface area contributed by atoms with E-state index in [1.165, 1.54) is 0 Å². The average molecular weight is 198 g/mol. The Hall–Kier alpha value is -0.610. The molecule has 0 amide bonds. The van der Waals surface area contributed by atoms with Crippen LogP contribution in [0.4, 0.5) is 0 Å². The van der Waals surface area contributed by atoms with Gasteiger partial charge in [-0.25, -0.2) is 9.97 Å². The van der Waals surface area contributed by atoms with Gasteiger partial charge in [0.05, 0.1) is 0 Å². The lowest BCUT2D eigenvalue weighted by atomic mass is 10.4. The zero-order valence-corrected chi connectivity index (χ0v) is 8.55. The summed E-state index contributed by atoms with van der Waals surface area (Å²) in [5, 5.41) is 9.40. The summed E-state index contributed by atoms with van der Waals surface area (Å²) in [5.41, 5.74) is 1.000. The van der Waals surface area contributed by atoms with Crippen molar-refractivity contribution < 1.29 is 5.11 Å². The third-order valence-electron chi connectivity index (χ3n) is 1.56. The van der Waals surface area contributed by atoms with Crippen molar-refractivity contribution in [2.24, 2.45) is 0 Å². The minimum Gasteiger partial charge on any atom is -0.396 e. The van der Waals surface area contributed by atoms with E-state index in [2.05, 4.69) is 9.97 Å². The Morgan fingerprint density at radius 1 is 1.46 bits per heavy atom. The van der Waals surface area contributed by atoms with E-state index < -0.39 is 0 Å². The second-order valence-electron chi connectivity index (χ2n) is 2.76. The van der Waals surface area contributed by atoms with Crippen LogP contribution in [-0.4, -0.2) is 27.4 Å². The van der Waals surface area contributed by atoms with Gasteiger partial charge < -0.3 is 5.11 Å². The van der Waals surface area contributed by atoms with Gasteiger partial charge in [-0.1, -0.05) is 11.8 Å². The third-order valence-corrected chi connectivity index (χ3v) is 2.50. The molecule has 0 saturated heterocycles. The van der Waals surface area contributed by atoms with Crippen LogP contribution in [0.3, 0.4) is 0 Å². The molecule has 0 atom stereocenters. The summed E-state index contributed by atoms with van der Waals surface area (Å²) >= 11 is 1.64. The molecule has 1 rings (SSSR count). The maximum Gasteiger partial charge on any atom is 0.187 e. The number of hydrogen-bond donors (Lipinski definition) is 1. The van der Waals surface area contributed by atoms with Gasteiger partial charge in [-0.3, -0.25) is 0 Å². The van der Waals surface area contributed by atoms with E-state index in [1.807, 2.05) is 13.0 Å². The summed E-state index contributed by atoms with van der Waals surface area (Å²) in [7, 11) is 0. The molecule has 0 aromatic carbocycles. The smallest absolute Gasteiger partial charge is 0.187 e. The number of thioether (sulfide) groups is 1. The molecule has 1 N–H and O–H groups in total. The van der Waals surface area contributed by atoms with Crippen molar-refractivity contribution in [2.45, 2.75) is 24.9 Å². The summed E-state index contributed by atoms with van der Waals surface area (Å²) in [5.74, 6) is 0.976. The third kappa shape index (κ3) is 4.24. The average Bonchev–Trinajstić information content (AvgIpc) is 2.13. The molecule has 0 aliphatic heterocycles. The number of nitrogens with zero attached hydrogens (tertiary/aromatic N) is 2. The van der Waals surface area contributed by atoms with Gasteiger partial charge in [0, 0.05) is 24.3 Å². The van der Waals surface area contributed by atoms with E-state index in [4.69, 9.17) is 5.11 Å². The Morgan fingerprint density at radius 3 is 3.00 bits per heavy atom. The first-order valence-electron chi connectivity index (χ1n) is 4.36. The van der Waals surface area contributed by atoms with E-state index in [0.29, 0.717) is 0 Å². The molecule has 0 fully saturated rings. The van der Waals surface area contributed by atoms with Gasteiger partial charge in [-0.2, -0.15) is 0 Å². The highest BCUT2D eigenvalue weighted by Gasteiger charge is 1.96. The van der Waals surface area contributed by atoms with Crippen LogP contribution in [0.25, 0.3) is 0 Å². The largest absolute Gasteiger partial charge is 0.396 e. The zero-order valence-electron chi connectivity index (χ0n) is 7.73. The van der Waals surface area contributed by atoms with Crippen molar-refractivity contribution >= 4 is 11.8 Å². The molecule has 1 aromatic rings.